The Labute approximate surface area is 109 Å². The Bertz CT molecular complexity index is 356. The van der Waals surface area contributed by atoms with Gasteiger partial charge in [-0.3, -0.25) is 0 Å². The summed E-state index contributed by atoms with van der Waals surface area (Å²) in [5, 5.41) is 0. The van der Waals surface area contributed by atoms with Gasteiger partial charge in [-0.05, 0) is 42.0 Å². The van der Waals surface area contributed by atoms with E-state index in [9.17, 15) is 3.89 Å². The van der Waals surface area contributed by atoms with Crippen molar-refractivity contribution in [2.75, 3.05) is 0 Å². The first-order valence-electron chi connectivity index (χ1n) is 5.93. The Morgan fingerprint density at radius 2 is 1.59 bits per heavy atom. The number of benzene rings is 1. The second kappa shape index (κ2) is 6.90. The molecule has 0 heterocycles. The number of halogens is 1. The van der Waals surface area contributed by atoms with E-state index in [-0.39, 0.29) is 17.8 Å². The summed E-state index contributed by atoms with van der Waals surface area (Å²) in [5.41, 5.74) is 3.49. The van der Waals surface area contributed by atoms with Crippen molar-refractivity contribution in [2.24, 2.45) is 0 Å². The molecule has 0 aliphatic rings. The van der Waals surface area contributed by atoms with E-state index in [0.717, 1.165) is 11.1 Å². The molecule has 98 valence electrons. The Morgan fingerprint density at radius 3 is 2.00 bits per heavy atom. The largest absolute Gasteiger partial charge is 0.397 e. The molecule has 1 rings (SSSR count). The molecule has 0 N–H and O–H groups in total. The zero-order valence-corrected chi connectivity index (χ0v) is 12.7. The predicted octanol–water partition coefficient (Wildman–Crippen LogP) is 5.54. The lowest BCUT2D eigenvalue weighted by molar-refractivity contribution is 0.576. The van der Waals surface area contributed by atoms with E-state index < -0.39 is 0 Å². The average molecular weight is 258 g/mol. The summed E-state index contributed by atoms with van der Waals surface area (Å²) in [4.78, 5) is 0. The van der Waals surface area contributed by atoms with Gasteiger partial charge < -0.3 is 4.18 Å². The van der Waals surface area contributed by atoms with E-state index in [0.29, 0.717) is 5.75 Å². The SMILES string of the molecule is CC.Cc1cc(C(C)(C)C)c(C)cc1OSF. The molecule has 0 unspecified atom stereocenters. The van der Waals surface area contributed by atoms with Gasteiger partial charge in [-0.1, -0.05) is 40.7 Å². The van der Waals surface area contributed by atoms with Crippen molar-refractivity contribution in [2.45, 2.75) is 53.9 Å². The van der Waals surface area contributed by atoms with Crippen molar-refractivity contribution < 1.29 is 8.07 Å². The standard InChI is InChI=1S/C12H17FOS.C2H6/c1-8-7-11(14-15-13)9(2)6-10(8)12(3,4)5;1-2/h6-7H,1-5H3;1-2H3. The van der Waals surface area contributed by atoms with Gasteiger partial charge in [-0.25, -0.2) is 0 Å². The van der Waals surface area contributed by atoms with Gasteiger partial charge in [0, 0.05) is 0 Å². The van der Waals surface area contributed by atoms with Crippen molar-refractivity contribution in [1.29, 1.82) is 0 Å². The van der Waals surface area contributed by atoms with E-state index in [1.54, 1.807) is 0 Å². The van der Waals surface area contributed by atoms with Crippen LogP contribution in [0.2, 0.25) is 0 Å². The monoisotopic (exact) mass is 258 g/mol. The molecule has 0 radical (unpaired) electrons. The molecule has 0 spiro atoms. The van der Waals surface area contributed by atoms with Crippen LogP contribution in [0.1, 0.15) is 51.3 Å². The van der Waals surface area contributed by atoms with E-state index >= 15 is 0 Å². The molecule has 0 saturated carbocycles. The second-order valence-corrected chi connectivity index (χ2v) is 5.12. The number of hydrogen-bond acceptors (Lipinski definition) is 2. The second-order valence-electron chi connectivity index (χ2n) is 4.83. The van der Waals surface area contributed by atoms with Crippen LogP contribution in [0.25, 0.3) is 0 Å². The Morgan fingerprint density at radius 1 is 1.06 bits per heavy atom. The van der Waals surface area contributed by atoms with Crippen LogP contribution in [0.4, 0.5) is 3.89 Å². The quantitative estimate of drug-likeness (QED) is 0.644. The first kappa shape index (κ1) is 16.3. The topological polar surface area (TPSA) is 9.23 Å². The lowest BCUT2D eigenvalue weighted by Crippen LogP contribution is -2.13. The van der Waals surface area contributed by atoms with Crippen molar-refractivity contribution >= 4 is 12.4 Å². The Hall–Kier alpha value is -0.700. The Balaban J connectivity index is 0.00000121. The molecule has 0 bridgehead atoms. The highest BCUT2D eigenvalue weighted by Gasteiger charge is 2.18. The summed E-state index contributed by atoms with van der Waals surface area (Å²) in [6.45, 7) is 14.5. The normalized spacial score (nSPS) is 10.6. The highest BCUT2D eigenvalue weighted by molar-refractivity contribution is 7.89. The average Bonchev–Trinajstić information content (AvgIpc) is 2.24. The van der Waals surface area contributed by atoms with Crippen LogP contribution in [-0.4, -0.2) is 0 Å². The Kier molecular flexibility index (Phi) is 6.61. The van der Waals surface area contributed by atoms with Crippen LogP contribution in [-0.2, 0) is 5.41 Å². The molecule has 0 atom stereocenters. The van der Waals surface area contributed by atoms with E-state index in [4.69, 9.17) is 4.18 Å². The molecule has 0 amide bonds. The molecule has 0 fully saturated rings. The summed E-state index contributed by atoms with van der Waals surface area (Å²) in [6.07, 6.45) is 0. The molecule has 0 aromatic heterocycles. The van der Waals surface area contributed by atoms with E-state index in [1.807, 2.05) is 33.8 Å². The van der Waals surface area contributed by atoms with E-state index in [1.165, 1.54) is 5.56 Å². The fourth-order valence-electron chi connectivity index (χ4n) is 1.72. The van der Waals surface area contributed by atoms with Gasteiger partial charge in [-0.15, -0.1) is 3.89 Å². The molecule has 0 aliphatic heterocycles. The lowest BCUT2D eigenvalue weighted by atomic mass is 9.83. The molecule has 0 aliphatic carbocycles. The first-order valence-corrected chi connectivity index (χ1v) is 6.57. The van der Waals surface area contributed by atoms with Crippen molar-refractivity contribution in [3.63, 3.8) is 0 Å². The van der Waals surface area contributed by atoms with Crippen LogP contribution < -0.4 is 4.18 Å². The summed E-state index contributed by atoms with van der Waals surface area (Å²) in [5.74, 6) is 0.605. The molecular weight excluding hydrogens is 235 g/mol. The number of rotatable bonds is 2. The number of aryl methyl sites for hydroxylation is 2. The van der Waals surface area contributed by atoms with Gasteiger partial charge in [0.05, 0.1) is 0 Å². The van der Waals surface area contributed by atoms with Gasteiger partial charge in [0.2, 0.25) is 0 Å². The summed E-state index contributed by atoms with van der Waals surface area (Å²) >= 11 is -0.109. The third-order valence-electron chi connectivity index (χ3n) is 2.45. The summed E-state index contributed by atoms with van der Waals surface area (Å²) in [6, 6.07) is 3.96. The lowest BCUT2D eigenvalue weighted by Gasteiger charge is -2.23. The third-order valence-corrected chi connectivity index (χ3v) is 2.69. The van der Waals surface area contributed by atoms with Crippen LogP contribution >= 0.6 is 12.4 Å². The fourth-order valence-corrected chi connectivity index (χ4v) is 1.97. The minimum absolute atomic E-state index is 0.107. The zero-order valence-electron chi connectivity index (χ0n) is 11.8. The molecular formula is C14H23FOS. The fraction of sp³-hybridized carbons (Fsp3) is 0.571. The van der Waals surface area contributed by atoms with Gasteiger partial charge in [0.25, 0.3) is 12.4 Å². The maximum Gasteiger partial charge on any atom is 0.272 e. The van der Waals surface area contributed by atoms with Crippen LogP contribution in [0, 0.1) is 13.8 Å². The highest BCUT2D eigenvalue weighted by atomic mass is 32.2. The highest BCUT2D eigenvalue weighted by Crippen LogP contribution is 2.32. The van der Waals surface area contributed by atoms with Crippen LogP contribution in [0.3, 0.4) is 0 Å². The van der Waals surface area contributed by atoms with Crippen LogP contribution in [0.15, 0.2) is 12.1 Å². The maximum atomic E-state index is 12.0. The number of hydrogen-bond donors (Lipinski definition) is 0. The van der Waals surface area contributed by atoms with Gasteiger partial charge >= 0.3 is 0 Å². The minimum Gasteiger partial charge on any atom is -0.397 e. The summed E-state index contributed by atoms with van der Waals surface area (Å²) in [7, 11) is 0. The van der Waals surface area contributed by atoms with Crippen molar-refractivity contribution in [1.82, 2.24) is 0 Å². The molecule has 3 heteroatoms. The molecule has 17 heavy (non-hydrogen) atoms. The molecule has 1 nitrogen and oxygen atoms in total. The maximum absolute atomic E-state index is 12.0. The van der Waals surface area contributed by atoms with Crippen LogP contribution in [0.5, 0.6) is 5.75 Å². The zero-order chi connectivity index (χ0) is 13.6. The van der Waals surface area contributed by atoms with E-state index in [2.05, 4.69) is 26.8 Å². The van der Waals surface area contributed by atoms with Crippen molar-refractivity contribution in [3.8, 4) is 5.75 Å². The van der Waals surface area contributed by atoms with Gasteiger partial charge in [0.15, 0.2) is 0 Å². The predicted molar refractivity (Wildman–Crippen MR) is 75.3 cm³/mol. The smallest absolute Gasteiger partial charge is 0.272 e. The summed E-state index contributed by atoms with van der Waals surface area (Å²) < 4.78 is 16.9. The minimum atomic E-state index is -0.109. The molecule has 1 aromatic rings. The third kappa shape index (κ3) is 4.58. The molecule has 0 saturated heterocycles. The van der Waals surface area contributed by atoms with Gasteiger partial charge in [-0.2, -0.15) is 0 Å². The van der Waals surface area contributed by atoms with Gasteiger partial charge in [0.1, 0.15) is 5.75 Å². The van der Waals surface area contributed by atoms with Crippen molar-refractivity contribution in [3.05, 3.63) is 28.8 Å². The first-order chi connectivity index (χ1) is 7.86. The molecule has 1 aromatic carbocycles.